The van der Waals surface area contributed by atoms with Crippen molar-refractivity contribution in [3.8, 4) is 0 Å². The van der Waals surface area contributed by atoms with Crippen molar-refractivity contribution in [1.82, 2.24) is 15.5 Å². The van der Waals surface area contributed by atoms with Gasteiger partial charge in [0.1, 0.15) is 6.04 Å². The number of aliphatic carboxylic acids is 1. The maximum absolute atomic E-state index is 12.7. The van der Waals surface area contributed by atoms with E-state index in [2.05, 4.69) is 10.6 Å². The number of hydrogen-bond donors (Lipinski definition) is 4. The van der Waals surface area contributed by atoms with Crippen molar-refractivity contribution in [2.24, 2.45) is 5.73 Å². The number of amides is 4. The van der Waals surface area contributed by atoms with Crippen LogP contribution in [0, 0.1) is 13.8 Å². The van der Waals surface area contributed by atoms with Crippen molar-refractivity contribution < 1.29 is 24.3 Å². The number of carbonyl (C=O) groups is 4. The lowest BCUT2D eigenvalue weighted by Crippen LogP contribution is -2.49. The summed E-state index contributed by atoms with van der Waals surface area (Å²) in [7, 11) is 0. The standard InChI is InChI=1S/C18H24N4O5/c1-9-6-12-8-22(11(3)23)5-4-13(12)10(2)15(9)16(24)21-14(17(25)26)7-20-18(19)27/h6,14H,4-5,7-8H2,1-3H3,(H,21,24)(H,25,26)(H3,19,20,27)/t14-/m0/s1. The molecule has 1 atom stereocenters. The summed E-state index contributed by atoms with van der Waals surface area (Å²) in [6, 6.07) is -0.302. The van der Waals surface area contributed by atoms with E-state index >= 15 is 0 Å². The molecule has 2 rings (SSSR count). The van der Waals surface area contributed by atoms with Gasteiger partial charge in [-0.25, -0.2) is 9.59 Å². The monoisotopic (exact) mass is 376 g/mol. The Bertz CT molecular complexity index is 805. The molecule has 1 aromatic rings. The molecule has 9 heteroatoms. The lowest BCUT2D eigenvalue weighted by Gasteiger charge is -2.30. The summed E-state index contributed by atoms with van der Waals surface area (Å²) in [4.78, 5) is 48.2. The van der Waals surface area contributed by atoms with Gasteiger partial charge in [-0.2, -0.15) is 0 Å². The Morgan fingerprint density at radius 2 is 1.96 bits per heavy atom. The van der Waals surface area contributed by atoms with E-state index in [9.17, 15) is 24.3 Å². The number of carboxylic acids is 1. The minimum absolute atomic E-state index is 0.00373. The fourth-order valence-corrected chi connectivity index (χ4v) is 3.38. The summed E-state index contributed by atoms with van der Waals surface area (Å²) < 4.78 is 0. The van der Waals surface area contributed by atoms with Gasteiger partial charge in [0, 0.05) is 25.6 Å². The number of nitrogens with zero attached hydrogens (tertiary/aromatic N) is 1. The molecule has 9 nitrogen and oxygen atoms in total. The average Bonchev–Trinajstić information content (AvgIpc) is 2.57. The van der Waals surface area contributed by atoms with Crippen LogP contribution >= 0.6 is 0 Å². The molecule has 27 heavy (non-hydrogen) atoms. The lowest BCUT2D eigenvalue weighted by atomic mass is 9.88. The lowest BCUT2D eigenvalue weighted by molar-refractivity contribution is -0.139. The zero-order valence-electron chi connectivity index (χ0n) is 15.6. The smallest absolute Gasteiger partial charge is 0.328 e. The first-order valence-electron chi connectivity index (χ1n) is 8.56. The van der Waals surface area contributed by atoms with Gasteiger partial charge in [-0.05, 0) is 42.5 Å². The molecule has 1 aliphatic rings. The molecule has 1 aromatic carbocycles. The first kappa shape index (κ1) is 20.2. The molecule has 0 unspecified atom stereocenters. The van der Waals surface area contributed by atoms with Crippen LogP contribution in [0.1, 0.15) is 39.5 Å². The molecule has 0 spiro atoms. The zero-order valence-corrected chi connectivity index (χ0v) is 15.6. The van der Waals surface area contributed by atoms with Crippen LogP contribution in [0.5, 0.6) is 0 Å². The molecular weight excluding hydrogens is 352 g/mol. The minimum Gasteiger partial charge on any atom is -0.480 e. The highest BCUT2D eigenvalue weighted by molar-refractivity contribution is 5.99. The fraction of sp³-hybridized carbons (Fsp3) is 0.444. The van der Waals surface area contributed by atoms with Gasteiger partial charge in [0.05, 0.1) is 6.54 Å². The van der Waals surface area contributed by atoms with Crippen LogP contribution < -0.4 is 16.4 Å². The molecule has 0 bridgehead atoms. The Morgan fingerprint density at radius 1 is 1.30 bits per heavy atom. The predicted molar refractivity (Wildman–Crippen MR) is 97.2 cm³/mol. The van der Waals surface area contributed by atoms with E-state index in [1.165, 1.54) is 6.92 Å². The maximum Gasteiger partial charge on any atom is 0.328 e. The van der Waals surface area contributed by atoms with Crippen molar-refractivity contribution in [3.05, 3.63) is 33.9 Å². The van der Waals surface area contributed by atoms with Crippen LogP contribution in [-0.4, -0.2) is 53.0 Å². The summed E-state index contributed by atoms with van der Waals surface area (Å²) in [6.07, 6.45) is 0.632. The van der Waals surface area contributed by atoms with Crippen molar-refractivity contribution in [2.45, 2.75) is 39.8 Å². The number of carbonyl (C=O) groups excluding carboxylic acids is 3. The van der Waals surface area contributed by atoms with E-state index in [0.717, 1.165) is 16.7 Å². The number of nitrogens with one attached hydrogen (secondary N) is 2. The molecule has 0 fully saturated rings. The number of nitrogens with two attached hydrogens (primary N) is 1. The third-order valence-corrected chi connectivity index (χ3v) is 4.75. The van der Waals surface area contributed by atoms with Gasteiger partial charge in [0.2, 0.25) is 5.91 Å². The fourth-order valence-electron chi connectivity index (χ4n) is 3.38. The van der Waals surface area contributed by atoms with Gasteiger partial charge in [-0.3, -0.25) is 9.59 Å². The molecule has 1 heterocycles. The molecule has 0 saturated carbocycles. The number of primary amides is 1. The van der Waals surface area contributed by atoms with Crippen LogP contribution in [0.3, 0.4) is 0 Å². The second-order valence-corrected chi connectivity index (χ2v) is 6.63. The average molecular weight is 376 g/mol. The van der Waals surface area contributed by atoms with E-state index in [0.29, 0.717) is 30.6 Å². The second-order valence-electron chi connectivity index (χ2n) is 6.63. The summed E-state index contributed by atoms with van der Waals surface area (Å²) >= 11 is 0. The van der Waals surface area contributed by atoms with Crippen molar-refractivity contribution in [2.75, 3.05) is 13.1 Å². The molecule has 4 amide bonds. The Hall–Kier alpha value is -3.10. The van der Waals surface area contributed by atoms with E-state index in [1.54, 1.807) is 11.8 Å². The Morgan fingerprint density at radius 3 is 2.52 bits per heavy atom. The Labute approximate surface area is 156 Å². The number of benzene rings is 1. The van der Waals surface area contributed by atoms with E-state index in [1.807, 2.05) is 13.0 Å². The van der Waals surface area contributed by atoms with Crippen molar-refractivity contribution >= 4 is 23.8 Å². The topological polar surface area (TPSA) is 142 Å². The normalized spacial score (nSPS) is 14.1. The van der Waals surface area contributed by atoms with Crippen LogP contribution in [-0.2, 0) is 22.6 Å². The van der Waals surface area contributed by atoms with Crippen LogP contribution in [0.15, 0.2) is 6.07 Å². The number of hydrogen-bond acceptors (Lipinski definition) is 4. The van der Waals surface area contributed by atoms with Crippen molar-refractivity contribution in [3.63, 3.8) is 0 Å². The molecule has 0 aliphatic carbocycles. The van der Waals surface area contributed by atoms with Crippen LogP contribution in [0.4, 0.5) is 4.79 Å². The van der Waals surface area contributed by atoms with Gasteiger partial charge in [-0.15, -0.1) is 0 Å². The molecule has 0 radical (unpaired) electrons. The highest BCUT2D eigenvalue weighted by atomic mass is 16.4. The second kappa shape index (κ2) is 8.07. The predicted octanol–water partition coefficient (Wildman–Crippen LogP) is 0.0593. The third kappa shape index (κ3) is 4.55. The SMILES string of the molecule is CC(=O)N1CCc2c(cc(C)c(C(=O)N[C@@H](CNC(N)=O)C(=O)O)c2C)C1. The van der Waals surface area contributed by atoms with Gasteiger partial charge in [0.15, 0.2) is 0 Å². The highest BCUT2D eigenvalue weighted by Crippen LogP contribution is 2.27. The van der Waals surface area contributed by atoms with E-state index < -0.39 is 23.9 Å². The Balaban J connectivity index is 2.28. The van der Waals surface area contributed by atoms with Crippen LogP contribution in [0.2, 0.25) is 0 Å². The van der Waals surface area contributed by atoms with Gasteiger partial charge >= 0.3 is 12.0 Å². The van der Waals surface area contributed by atoms with Crippen LogP contribution in [0.25, 0.3) is 0 Å². The molecule has 146 valence electrons. The number of rotatable bonds is 5. The zero-order chi connectivity index (χ0) is 20.3. The summed E-state index contributed by atoms with van der Waals surface area (Å²) in [5.41, 5.74) is 8.84. The first-order valence-corrected chi connectivity index (χ1v) is 8.56. The maximum atomic E-state index is 12.7. The number of fused-ring (bicyclic) bond motifs is 1. The van der Waals surface area contributed by atoms with E-state index in [-0.39, 0.29) is 12.5 Å². The molecular formula is C18H24N4O5. The largest absolute Gasteiger partial charge is 0.480 e. The van der Waals surface area contributed by atoms with Crippen molar-refractivity contribution in [1.29, 1.82) is 0 Å². The molecule has 1 aliphatic heterocycles. The quantitative estimate of drug-likeness (QED) is 0.575. The summed E-state index contributed by atoms with van der Waals surface area (Å²) in [6.45, 7) is 5.88. The summed E-state index contributed by atoms with van der Waals surface area (Å²) in [5, 5.41) is 13.9. The summed E-state index contributed by atoms with van der Waals surface area (Å²) in [5.74, 6) is -1.80. The van der Waals surface area contributed by atoms with Gasteiger partial charge < -0.3 is 26.4 Å². The molecule has 5 N–H and O–H groups in total. The minimum atomic E-state index is -1.30. The number of carboxylic acid groups (broad SMARTS) is 1. The number of urea groups is 1. The Kier molecular flexibility index (Phi) is 6.04. The van der Waals surface area contributed by atoms with Gasteiger partial charge in [-0.1, -0.05) is 6.07 Å². The first-order chi connectivity index (χ1) is 12.6. The molecule has 0 saturated heterocycles. The van der Waals surface area contributed by atoms with Gasteiger partial charge in [0.25, 0.3) is 5.91 Å². The number of aryl methyl sites for hydroxylation is 1. The van der Waals surface area contributed by atoms with E-state index in [4.69, 9.17) is 5.73 Å². The third-order valence-electron chi connectivity index (χ3n) is 4.75. The molecule has 0 aromatic heterocycles. The highest BCUT2D eigenvalue weighted by Gasteiger charge is 2.27.